The van der Waals surface area contributed by atoms with Crippen LogP contribution in [0.5, 0.6) is 11.5 Å². The van der Waals surface area contributed by atoms with E-state index in [0.29, 0.717) is 6.61 Å². The number of benzene rings is 2. The molecule has 0 bridgehead atoms. The molecular weight excluding hydrogens is 248 g/mol. The van der Waals surface area contributed by atoms with Crippen LogP contribution in [0.25, 0.3) is 0 Å². The Balaban J connectivity index is 1.80. The molecule has 0 fully saturated rings. The van der Waals surface area contributed by atoms with Gasteiger partial charge in [0.15, 0.2) is 17.6 Å². The number of halogens is 1. The fourth-order valence-corrected chi connectivity index (χ4v) is 2.30. The maximum Gasteiger partial charge on any atom is 0.161 e. The molecule has 0 spiro atoms. The highest BCUT2D eigenvalue weighted by atomic mass is 35.5. The summed E-state index contributed by atoms with van der Waals surface area (Å²) in [6.45, 7) is 0.472. The smallest absolute Gasteiger partial charge is 0.161 e. The molecule has 1 aliphatic rings. The first-order chi connectivity index (χ1) is 8.84. The molecule has 18 heavy (non-hydrogen) atoms. The summed E-state index contributed by atoms with van der Waals surface area (Å²) >= 11 is 6.45. The standard InChI is InChI=1S/C15H13ClO2/c16-15(11-6-2-1-3-7-11)14-10-17-12-8-4-5-9-13(12)18-14/h1-9,14-15H,10H2. The Morgan fingerprint density at radius 2 is 1.61 bits per heavy atom. The number of hydrogen-bond donors (Lipinski definition) is 0. The van der Waals surface area contributed by atoms with Crippen LogP contribution >= 0.6 is 11.6 Å². The fraction of sp³-hybridized carbons (Fsp3) is 0.200. The van der Waals surface area contributed by atoms with E-state index in [1.165, 1.54) is 0 Å². The van der Waals surface area contributed by atoms with Gasteiger partial charge >= 0.3 is 0 Å². The van der Waals surface area contributed by atoms with Gasteiger partial charge in [0.1, 0.15) is 6.61 Å². The molecule has 1 aliphatic heterocycles. The molecule has 0 amide bonds. The molecule has 2 atom stereocenters. The van der Waals surface area contributed by atoms with Gasteiger partial charge in [-0.1, -0.05) is 42.5 Å². The summed E-state index contributed by atoms with van der Waals surface area (Å²) < 4.78 is 11.6. The van der Waals surface area contributed by atoms with E-state index in [4.69, 9.17) is 21.1 Å². The van der Waals surface area contributed by atoms with Crippen molar-refractivity contribution in [1.29, 1.82) is 0 Å². The molecule has 2 unspecified atom stereocenters. The normalized spacial score (nSPS) is 19.3. The molecule has 92 valence electrons. The van der Waals surface area contributed by atoms with E-state index in [1.54, 1.807) is 0 Å². The second kappa shape index (κ2) is 4.91. The lowest BCUT2D eigenvalue weighted by molar-refractivity contribution is 0.0877. The lowest BCUT2D eigenvalue weighted by atomic mass is 10.1. The molecule has 2 nitrogen and oxygen atoms in total. The van der Waals surface area contributed by atoms with Crippen LogP contribution in [-0.4, -0.2) is 12.7 Å². The van der Waals surface area contributed by atoms with Crippen LogP contribution in [0, 0.1) is 0 Å². The zero-order valence-electron chi connectivity index (χ0n) is 9.75. The highest BCUT2D eigenvalue weighted by molar-refractivity contribution is 6.21. The van der Waals surface area contributed by atoms with Gasteiger partial charge in [0.25, 0.3) is 0 Å². The van der Waals surface area contributed by atoms with Gasteiger partial charge in [-0.25, -0.2) is 0 Å². The minimum atomic E-state index is -0.209. The van der Waals surface area contributed by atoms with Crippen LogP contribution in [0.2, 0.25) is 0 Å². The van der Waals surface area contributed by atoms with Crippen molar-refractivity contribution >= 4 is 11.6 Å². The largest absolute Gasteiger partial charge is 0.486 e. The second-order valence-corrected chi connectivity index (χ2v) is 4.70. The number of alkyl halides is 1. The molecular formula is C15H13ClO2. The van der Waals surface area contributed by atoms with E-state index in [9.17, 15) is 0 Å². The van der Waals surface area contributed by atoms with Gasteiger partial charge in [0.2, 0.25) is 0 Å². The topological polar surface area (TPSA) is 18.5 Å². The number of hydrogen-bond acceptors (Lipinski definition) is 2. The van der Waals surface area contributed by atoms with E-state index >= 15 is 0 Å². The van der Waals surface area contributed by atoms with Crippen molar-refractivity contribution in [2.75, 3.05) is 6.61 Å². The summed E-state index contributed by atoms with van der Waals surface area (Å²) in [5, 5.41) is -0.209. The molecule has 0 saturated carbocycles. The Bertz CT molecular complexity index is 527. The molecule has 0 radical (unpaired) electrons. The van der Waals surface area contributed by atoms with Gasteiger partial charge in [-0.2, -0.15) is 0 Å². The van der Waals surface area contributed by atoms with Crippen molar-refractivity contribution in [2.24, 2.45) is 0 Å². The van der Waals surface area contributed by atoms with E-state index in [1.807, 2.05) is 54.6 Å². The van der Waals surface area contributed by atoms with Gasteiger partial charge in [-0.05, 0) is 17.7 Å². The average molecular weight is 261 g/mol. The molecule has 2 aromatic rings. The molecule has 1 heterocycles. The van der Waals surface area contributed by atoms with Gasteiger partial charge < -0.3 is 9.47 Å². The van der Waals surface area contributed by atoms with Gasteiger partial charge in [-0.3, -0.25) is 0 Å². The van der Waals surface area contributed by atoms with Crippen LogP contribution in [0.1, 0.15) is 10.9 Å². The maximum atomic E-state index is 6.45. The maximum absolute atomic E-state index is 6.45. The number of fused-ring (bicyclic) bond motifs is 1. The Morgan fingerprint density at radius 1 is 0.944 bits per heavy atom. The van der Waals surface area contributed by atoms with E-state index in [0.717, 1.165) is 17.1 Å². The first-order valence-electron chi connectivity index (χ1n) is 5.92. The zero-order chi connectivity index (χ0) is 12.4. The summed E-state index contributed by atoms with van der Waals surface area (Å²) in [5.74, 6) is 1.54. The SMILES string of the molecule is ClC(c1ccccc1)C1COc2ccccc2O1. The third-order valence-corrected chi connectivity index (χ3v) is 3.51. The average Bonchev–Trinajstić information content (AvgIpc) is 2.47. The Morgan fingerprint density at radius 3 is 2.39 bits per heavy atom. The number of rotatable bonds is 2. The first kappa shape index (κ1) is 11.4. The summed E-state index contributed by atoms with van der Waals surface area (Å²) in [5.41, 5.74) is 1.05. The van der Waals surface area contributed by atoms with Crippen LogP contribution in [0.4, 0.5) is 0 Å². The minimum absolute atomic E-state index is 0.163. The van der Waals surface area contributed by atoms with E-state index in [2.05, 4.69) is 0 Å². The molecule has 0 N–H and O–H groups in total. The van der Waals surface area contributed by atoms with Gasteiger partial charge in [-0.15, -0.1) is 11.6 Å². The summed E-state index contributed by atoms with van der Waals surface area (Å²) in [6.07, 6.45) is -0.163. The Hall–Kier alpha value is -1.67. The van der Waals surface area contributed by atoms with Crippen molar-refractivity contribution in [2.45, 2.75) is 11.5 Å². The minimum Gasteiger partial charge on any atom is -0.486 e. The molecule has 0 aliphatic carbocycles. The number of para-hydroxylation sites is 2. The molecule has 0 saturated heterocycles. The summed E-state index contributed by atoms with van der Waals surface area (Å²) in [7, 11) is 0. The summed E-state index contributed by atoms with van der Waals surface area (Å²) in [6, 6.07) is 17.6. The van der Waals surface area contributed by atoms with Crippen molar-refractivity contribution in [3.8, 4) is 11.5 Å². The van der Waals surface area contributed by atoms with Crippen LogP contribution in [0.15, 0.2) is 54.6 Å². The van der Waals surface area contributed by atoms with E-state index < -0.39 is 0 Å². The van der Waals surface area contributed by atoms with Crippen molar-refractivity contribution in [3.63, 3.8) is 0 Å². The first-order valence-corrected chi connectivity index (χ1v) is 6.36. The fourth-order valence-electron chi connectivity index (χ4n) is 2.03. The van der Waals surface area contributed by atoms with Crippen molar-refractivity contribution in [3.05, 3.63) is 60.2 Å². The Labute approximate surface area is 111 Å². The predicted octanol–water partition coefficient (Wildman–Crippen LogP) is 3.81. The molecule has 0 aromatic heterocycles. The predicted molar refractivity (Wildman–Crippen MR) is 71.4 cm³/mol. The second-order valence-electron chi connectivity index (χ2n) is 4.23. The summed E-state index contributed by atoms with van der Waals surface area (Å²) in [4.78, 5) is 0. The molecule has 3 rings (SSSR count). The highest BCUT2D eigenvalue weighted by Gasteiger charge is 2.28. The highest BCUT2D eigenvalue weighted by Crippen LogP contribution is 2.36. The number of ether oxygens (including phenoxy) is 2. The van der Waals surface area contributed by atoms with Crippen molar-refractivity contribution in [1.82, 2.24) is 0 Å². The monoisotopic (exact) mass is 260 g/mol. The third kappa shape index (κ3) is 2.16. The third-order valence-electron chi connectivity index (χ3n) is 2.98. The lowest BCUT2D eigenvalue weighted by Gasteiger charge is -2.29. The van der Waals surface area contributed by atoms with Crippen LogP contribution < -0.4 is 9.47 Å². The van der Waals surface area contributed by atoms with Crippen LogP contribution in [-0.2, 0) is 0 Å². The van der Waals surface area contributed by atoms with Gasteiger partial charge in [0, 0.05) is 0 Å². The zero-order valence-corrected chi connectivity index (χ0v) is 10.5. The van der Waals surface area contributed by atoms with Crippen molar-refractivity contribution < 1.29 is 9.47 Å². The lowest BCUT2D eigenvalue weighted by Crippen LogP contribution is -2.32. The van der Waals surface area contributed by atoms with E-state index in [-0.39, 0.29) is 11.5 Å². The Kier molecular flexibility index (Phi) is 3.11. The van der Waals surface area contributed by atoms with Crippen LogP contribution in [0.3, 0.4) is 0 Å². The molecule has 2 aromatic carbocycles. The van der Waals surface area contributed by atoms with Gasteiger partial charge in [0.05, 0.1) is 5.38 Å². The molecule has 3 heteroatoms. The quantitative estimate of drug-likeness (QED) is 0.765.